The van der Waals surface area contributed by atoms with Gasteiger partial charge in [0.05, 0.1) is 0 Å². The topological polar surface area (TPSA) is 26.3 Å². The van der Waals surface area contributed by atoms with Crippen LogP contribution in [-0.4, -0.2) is 11.6 Å². The van der Waals surface area contributed by atoms with Gasteiger partial charge in [0.25, 0.3) is 0 Å². The van der Waals surface area contributed by atoms with E-state index in [1.54, 1.807) is 12.2 Å². The van der Waals surface area contributed by atoms with E-state index in [1.165, 1.54) is 0 Å². The molecule has 13 heavy (non-hydrogen) atoms. The van der Waals surface area contributed by atoms with Crippen molar-refractivity contribution in [3.63, 3.8) is 0 Å². The molecule has 0 aromatic rings. The number of ether oxygens (including phenoxy) is 1. The molecule has 0 radical (unpaired) electrons. The van der Waals surface area contributed by atoms with Gasteiger partial charge in [-0.15, -0.1) is 0 Å². The Morgan fingerprint density at radius 1 is 1.38 bits per heavy atom. The maximum absolute atomic E-state index is 11.0. The van der Waals surface area contributed by atoms with Crippen LogP contribution in [0.1, 0.15) is 19.8 Å². The molecule has 0 aliphatic rings. The lowest BCUT2D eigenvalue weighted by atomic mass is 9.98. The second kappa shape index (κ2) is 5.36. The molecule has 0 aliphatic heterocycles. The molecule has 0 aromatic heterocycles. The van der Waals surface area contributed by atoms with Crippen LogP contribution in [0, 0.1) is 0 Å². The summed E-state index contributed by atoms with van der Waals surface area (Å²) in [5.74, 6) is -0.451. The van der Waals surface area contributed by atoms with Gasteiger partial charge in [0.1, 0.15) is 5.60 Å². The zero-order chi connectivity index (χ0) is 10.3. The third-order valence-corrected chi connectivity index (χ3v) is 1.79. The minimum absolute atomic E-state index is 0.451. The highest BCUT2D eigenvalue weighted by Crippen LogP contribution is 2.21. The molecule has 0 fully saturated rings. The van der Waals surface area contributed by atoms with Crippen molar-refractivity contribution in [2.75, 3.05) is 0 Å². The molecule has 0 spiro atoms. The van der Waals surface area contributed by atoms with Gasteiger partial charge < -0.3 is 4.74 Å². The van der Waals surface area contributed by atoms with E-state index in [-0.39, 0.29) is 0 Å². The SMILES string of the molecule is C=CC(=O)OC(C=C)(C=C)CCC. The fourth-order valence-electron chi connectivity index (χ4n) is 1.04. The van der Waals surface area contributed by atoms with Gasteiger partial charge in [-0.3, -0.25) is 0 Å². The molecule has 0 N–H and O–H groups in total. The predicted molar refractivity (Wildman–Crippen MR) is 54.3 cm³/mol. The van der Waals surface area contributed by atoms with Crippen LogP contribution in [0.15, 0.2) is 38.0 Å². The number of carbonyl (C=O) groups excluding carboxylic acids is 1. The van der Waals surface area contributed by atoms with Crippen molar-refractivity contribution in [2.24, 2.45) is 0 Å². The summed E-state index contributed by atoms with van der Waals surface area (Å²) in [6.45, 7) is 12.6. The quantitative estimate of drug-likeness (QED) is 0.357. The van der Waals surface area contributed by atoms with Crippen molar-refractivity contribution >= 4 is 5.97 Å². The monoisotopic (exact) mass is 180 g/mol. The number of esters is 1. The minimum Gasteiger partial charge on any atom is -0.447 e. The second-order valence-corrected chi connectivity index (χ2v) is 2.74. The van der Waals surface area contributed by atoms with Crippen molar-refractivity contribution < 1.29 is 9.53 Å². The molecule has 0 heterocycles. The van der Waals surface area contributed by atoms with E-state index < -0.39 is 11.6 Å². The van der Waals surface area contributed by atoms with Crippen LogP contribution in [-0.2, 0) is 9.53 Å². The van der Waals surface area contributed by atoms with E-state index in [9.17, 15) is 4.79 Å². The van der Waals surface area contributed by atoms with Crippen LogP contribution in [0.3, 0.4) is 0 Å². The van der Waals surface area contributed by atoms with E-state index in [4.69, 9.17) is 4.74 Å². The molecule has 0 aromatic carbocycles. The molecule has 0 unspecified atom stereocenters. The molecule has 2 heteroatoms. The van der Waals surface area contributed by atoms with Gasteiger partial charge in [-0.1, -0.05) is 33.1 Å². The maximum Gasteiger partial charge on any atom is 0.331 e. The van der Waals surface area contributed by atoms with Crippen LogP contribution >= 0.6 is 0 Å². The number of rotatable bonds is 6. The molecule has 0 rings (SSSR count). The lowest BCUT2D eigenvalue weighted by molar-refractivity contribution is -0.145. The van der Waals surface area contributed by atoms with Crippen molar-refractivity contribution in [2.45, 2.75) is 25.4 Å². The summed E-state index contributed by atoms with van der Waals surface area (Å²) < 4.78 is 5.13. The first-order chi connectivity index (χ1) is 6.14. The molecule has 2 nitrogen and oxygen atoms in total. The van der Waals surface area contributed by atoms with Crippen molar-refractivity contribution in [3.8, 4) is 0 Å². The summed E-state index contributed by atoms with van der Waals surface area (Å²) in [6, 6.07) is 0. The van der Waals surface area contributed by atoms with Gasteiger partial charge >= 0.3 is 5.97 Å². The predicted octanol–water partition coefficient (Wildman–Crippen LogP) is 2.63. The normalized spacial score (nSPS) is 10.2. The second-order valence-electron chi connectivity index (χ2n) is 2.74. The summed E-state index contributed by atoms with van der Waals surface area (Å²) in [7, 11) is 0. The van der Waals surface area contributed by atoms with Crippen LogP contribution < -0.4 is 0 Å². The third kappa shape index (κ3) is 3.28. The molecule has 0 atom stereocenters. The van der Waals surface area contributed by atoms with E-state index in [0.717, 1.165) is 12.5 Å². The van der Waals surface area contributed by atoms with E-state index in [1.807, 2.05) is 6.92 Å². The maximum atomic E-state index is 11.0. The summed E-state index contributed by atoms with van der Waals surface area (Å²) >= 11 is 0. The Morgan fingerprint density at radius 3 is 2.23 bits per heavy atom. The number of hydrogen-bond acceptors (Lipinski definition) is 2. The molecule has 0 saturated heterocycles. The van der Waals surface area contributed by atoms with Crippen LogP contribution in [0.2, 0.25) is 0 Å². The summed E-state index contributed by atoms with van der Waals surface area (Å²) in [5.41, 5.74) is -0.736. The third-order valence-electron chi connectivity index (χ3n) is 1.79. The smallest absolute Gasteiger partial charge is 0.331 e. The lowest BCUT2D eigenvalue weighted by Gasteiger charge is -2.25. The average molecular weight is 180 g/mol. The van der Waals surface area contributed by atoms with Gasteiger partial charge in [0, 0.05) is 6.08 Å². The van der Waals surface area contributed by atoms with Crippen molar-refractivity contribution in [1.82, 2.24) is 0 Å². The van der Waals surface area contributed by atoms with Gasteiger partial charge in [0.2, 0.25) is 0 Å². The summed E-state index contributed by atoms with van der Waals surface area (Å²) in [5, 5.41) is 0. The zero-order valence-corrected chi connectivity index (χ0v) is 8.08. The Hall–Kier alpha value is -1.31. The first-order valence-corrected chi connectivity index (χ1v) is 4.26. The average Bonchev–Trinajstić information content (AvgIpc) is 2.17. The highest BCUT2D eigenvalue weighted by Gasteiger charge is 2.24. The fraction of sp³-hybridized carbons (Fsp3) is 0.364. The Labute approximate surface area is 79.6 Å². The van der Waals surface area contributed by atoms with Gasteiger partial charge in [0.15, 0.2) is 0 Å². The van der Waals surface area contributed by atoms with Crippen LogP contribution in [0.5, 0.6) is 0 Å². The molecule has 0 saturated carbocycles. The van der Waals surface area contributed by atoms with Crippen LogP contribution in [0.4, 0.5) is 0 Å². The van der Waals surface area contributed by atoms with Crippen molar-refractivity contribution in [3.05, 3.63) is 38.0 Å². The zero-order valence-electron chi connectivity index (χ0n) is 8.08. The largest absolute Gasteiger partial charge is 0.447 e. The highest BCUT2D eigenvalue weighted by molar-refractivity contribution is 5.81. The van der Waals surface area contributed by atoms with E-state index in [2.05, 4.69) is 19.7 Å². The molecule has 72 valence electrons. The molecule has 0 amide bonds. The Morgan fingerprint density at radius 2 is 1.92 bits per heavy atom. The van der Waals surface area contributed by atoms with E-state index in [0.29, 0.717) is 6.42 Å². The van der Waals surface area contributed by atoms with Gasteiger partial charge in [-0.2, -0.15) is 0 Å². The summed E-state index contributed by atoms with van der Waals surface area (Å²) in [4.78, 5) is 11.0. The highest BCUT2D eigenvalue weighted by atomic mass is 16.6. The summed E-state index contributed by atoms with van der Waals surface area (Å²) in [6.07, 6.45) is 5.90. The standard InChI is InChI=1S/C11H16O2/c1-5-9-11(7-3,8-4)13-10(12)6-2/h6-8H,2-5,9H2,1H3. The number of carbonyl (C=O) groups is 1. The lowest BCUT2D eigenvalue weighted by Crippen LogP contribution is -2.29. The fourth-order valence-corrected chi connectivity index (χ4v) is 1.04. The van der Waals surface area contributed by atoms with E-state index >= 15 is 0 Å². The van der Waals surface area contributed by atoms with Crippen molar-refractivity contribution in [1.29, 1.82) is 0 Å². The first kappa shape index (κ1) is 11.7. The Bertz CT molecular complexity index is 208. The molecular formula is C11H16O2. The minimum atomic E-state index is -0.736. The molecule has 0 aliphatic carbocycles. The molecular weight excluding hydrogens is 164 g/mol. The number of hydrogen-bond donors (Lipinski definition) is 0. The Kier molecular flexibility index (Phi) is 4.82. The van der Waals surface area contributed by atoms with Crippen LogP contribution in [0.25, 0.3) is 0 Å². The Balaban J connectivity index is 4.55. The first-order valence-electron chi connectivity index (χ1n) is 4.26. The molecule has 0 bridgehead atoms. The van der Waals surface area contributed by atoms with Gasteiger partial charge in [-0.05, 0) is 18.6 Å². The van der Waals surface area contributed by atoms with Gasteiger partial charge in [-0.25, -0.2) is 4.79 Å².